The van der Waals surface area contributed by atoms with Crippen LogP contribution in [0.4, 0.5) is 0 Å². The zero-order chi connectivity index (χ0) is 15.6. The SMILES string of the molecule is CCOc1cc(Cl)c(C(O)c2cc(C)cc(Br)c2)cc1Cl. The molecule has 21 heavy (non-hydrogen) atoms. The normalized spacial score (nSPS) is 12.3. The van der Waals surface area contributed by atoms with Crippen LogP contribution < -0.4 is 4.74 Å². The Labute approximate surface area is 142 Å². The number of hydrogen-bond acceptors (Lipinski definition) is 2. The fourth-order valence-corrected chi connectivity index (χ4v) is 3.23. The van der Waals surface area contributed by atoms with Gasteiger partial charge in [-0.15, -0.1) is 0 Å². The van der Waals surface area contributed by atoms with Gasteiger partial charge in [0.25, 0.3) is 0 Å². The molecule has 0 aliphatic rings. The number of benzene rings is 2. The summed E-state index contributed by atoms with van der Waals surface area (Å²) in [5.74, 6) is 0.519. The summed E-state index contributed by atoms with van der Waals surface area (Å²) in [4.78, 5) is 0. The summed E-state index contributed by atoms with van der Waals surface area (Å²) in [5, 5.41) is 11.4. The molecule has 112 valence electrons. The van der Waals surface area contributed by atoms with Gasteiger partial charge in [-0.3, -0.25) is 0 Å². The predicted molar refractivity (Wildman–Crippen MR) is 90.6 cm³/mol. The lowest BCUT2D eigenvalue weighted by Crippen LogP contribution is -2.02. The first-order chi connectivity index (χ1) is 9.92. The van der Waals surface area contributed by atoms with E-state index in [-0.39, 0.29) is 0 Å². The number of aliphatic hydroxyl groups excluding tert-OH is 1. The minimum Gasteiger partial charge on any atom is -0.492 e. The molecule has 1 unspecified atom stereocenters. The molecule has 0 aromatic heterocycles. The van der Waals surface area contributed by atoms with Crippen LogP contribution in [-0.4, -0.2) is 11.7 Å². The van der Waals surface area contributed by atoms with E-state index in [1.165, 1.54) is 0 Å². The van der Waals surface area contributed by atoms with E-state index >= 15 is 0 Å². The van der Waals surface area contributed by atoms with Crippen molar-refractivity contribution in [2.24, 2.45) is 0 Å². The highest BCUT2D eigenvalue weighted by atomic mass is 79.9. The lowest BCUT2D eigenvalue weighted by molar-refractivity contribution is 0.220. The molecule has 2 rings (SSSR count). The van der Waals surface area contributed by atoms with Gasteiger partial charge in [-0.1, -0.05) is 45.2 Å². The van der Waals surface area contributed by atoms with Crippen LogP contribution in [0.2, 0.25) is 10.0 Å². The molecular formula is C16H15BrCl2O2. The van der Waals surface area contributed by atoms with E-state index in [0.717, 1.165) is 15.6 Å². The van der Waals surface area contributed by atoms with Gasteiger partial charge in [0.2, 0.25) is 0 Å². The second kappa shape index (κ2) is 7.01. The molecule has 0 aliphatic heterocycles. The van der Waals surface area contributed by atoms with E-state index in [2.05, 4.69) is 15.9 Å². The van der Waals surface area contributed by atoms with E-state index in [1.54, 1.807) is 12.1 Å². The van der Waals surface area contributed by atoms with Crippen LogP contribution in [0.3, 0.4) is 0 Å². The first kappa shape index (κ1) is 16.6. The summed E-state index contributed by atoms with van der Waals surface area (Å²) in [5.41, 5.74) is 2.36. The molecule has 1 atom stereocenters. The standard InChI is InChI=1S/C16H15BrCl2O2/c1-3-21-15-8-13(18)12(7-14(15)19)16(20)10-4-9(2)5-11(17)6-10/h4-8,16,20H,3H2,1-2H3. The molecule has 5 heteroatoms. The van der Waals surface area contributed by atoms with E-state index in [9.17, 15) is 5.11 Å². The van der Waals surface area contributed by atoms with Crippen molar-refractivity contribution in [2.45, 2.75) is 20.0 Å². The van der Waals surface area contributed by atoms with Crippen LogP contribution in [0, 0.1) is 6.92 Å². The predicted octanol–water partition coefficient (Wildman–Crippen LogP) is 5.54. The van der Waals surface area contributed by atoms with Crippen molar-refractivity contribution >= 4 is 39.1 Å². The average Bonchev–Trinajstić information content (AvgIpc) is 2.41. The molecule has 0 saturated heterocycles. The maximum atomic E-state index is 10.6. The Morgan fingerprint density at radius 1 is 1.14 bits per heavy atom. The van der Waals surface area contributed by atoms with Crippen molar-refractivity contribution in [1.82, 2.24) is 0 Å². The fourth-order valence-electron chi connectivity index (χ4n) is 2.12. The third-order valence-electron chi connectivity index (χ3n) is 3.03. The highest BCUT2D eigenvalue weighted by Crippen LogP contribution is 2.37. The Hall–Kier alpha value is -0.740. The van der Waals surface area contributed by atoms with Crippen molar-refractivity contribution in [2.75, 3.05) is 6.61 Å². The van der Waals surface area contributed by atoms with Crippen LogP contribution >= 0.6 is 39.1 Å². The molecule has 2 nitrogen and oxygen atoms in total. The maximum absolute atomic E-state index is 10.6. The number of halogens is 3. The Kier molecular flexibility index (Phi) is 5.55. The summed E-state index contributed by atoms with van der Waals surface area (Å²) in [6, 6.07) is 9.03. The summed E-state index contributed by atoms with van der Waals surface area (Å²) in [6.45, 7) is 4.34. The molecule has 0 fully saturated rings. The zero-order valence-corrected chi connectivity index (χ0v) is 14.8. The molecule has 0 radical (unpaired) electrons. The number of hydrogen-bond donors (Lipinski definition) is 1. The van der Waals surface area contributed by atoms with Crippen molar-refractivity contribution in [3.05, 3.63) is 61.5 Å². The third-order valence-corrected chi connectivity index (χ3v) is 4.11. The molecule has 0 aliphatic carbocycles. The molecule has 2 aromatic carbocycles. The fraction of sp³-hybridized carbons (Fsp3) is 0.250. The van der Waals surface area contributed by atoms with E-state index in [1.807, 2.05) is 32.0 Å². The minimum atomic E-state index is -0.845. The van der Waals surface area contributed by atoms with Gasteiger partial charge in [-0.25, -0.2) is 0 Å². The van der Waals surface area contributed by atoms with E-state index in [0.29, 0.717) is 28.0 Å². The van der Waals surface area contributed by atoms with Gasteiger partial charge in [0.15, 0.2) is 0 Å². The van der Waals surface area contributed by atoms with Crippen molar-refractivity contribution in [3.63, 3.8) is 0 Å². The molecule has 0 spiro atoms. The Morgan fingerprint density at radius 2 is 1.86 bits per heavy atom. The van der Waals surface area contributed by atoms with E-state index < -0.39 is 6.10 Å². The van der Waals surface area contributed by atoms with Crippen LogP contribution in [0.25, 0.3) is 0 Å². The summed E-state index contributed by atoms with van der Waals surface area (Å²) in [7, 11) is 0. The Morgan fingerprint density at radius 3 is 2.48 bits per heavy atom. The highest BCUT2D eigenvalue weighted by molar-refractivity contribution is 9.10. The van der Waals surface area contributed by atoms with Gasteiger partial charge < -0.3 is 9.84 Å². The van der Waals surface area contributed by atoms with Crippen LogP contribution in [-0.2, 0) is 0 Å². The highest BCUT2D eigenvalue weighted by Gasteiger charge is 2.17. The van der Waals surface area contributed by atoms with Gasteiger partial charge in [0.1, 0.15) is 11.9 Å². The van der Waals surface area contributed by atoms with Crippen molar-refractivity contribution in [3.8, 4) is 5.75 Å². The summed E-state index contributed by atoms with van der Waals surface area (Å²) >= 11 is 15.9. The van der Waals surface area contributed by atoms with Crippen molar-refractivity contribution < 1.29 is 9.84 Å². The second-order valence-electron chi connectivity index (χ2n) is 4.70. The lowest BCUT2D eigenvalue weighted by atomic mass is 10.00. The number of aryl methyl sites for hydroxylation is 1. The average molecular weight is 390 g/mol. The second-order valence-corrected chi connectivity index (χ2v) is 6.43. The number of aliphatic hydroxyl groups is 1. The number of ether oxygens (including phenoxy) is 1. The van der Waals surface area contributed by atoms with Crippen LogP contribution in [0.15, 0.2) is 34.8 Å². The van der Waals surface area contributed by atoms with Gasteiger partial charge >= 0.3 is 0 Å². The molecule has 0 saturated carbocycles. The zero-order valence-electron chi connectivity index (χ0n) is 11.7. The first-order valence-corrected chi connectivity index (χ1v) is 8.04. The van der Waals surface area contributed by atoms with Gasteiger partial charge in [-0.05, 0) is 43.2 Å². The lowest BCUT2D eigenvalue weighted by Gasteiger charge is -2.16. The molecule has 2 aromatic rings. The van der Waals surface area contributed by atoms with Gasteiger partial charge in [-0.2, -0.15) is 0 Å². The molecule has 1 N–H and O–H groups in total. The van der Waals surface area contributed by atoms with Gasteiger partial charge in [0.05, 0.1) is 16.7 Å². The number of rotatable bonds is 4. The third kappa shape index (κ3) is 3.92. The molecule has 0 bridgehead atoms. The topological polar surface area (TPSA) is 29.5 Å². The van der Waals surface area contributed by atoms with Crippen molar-refractivity contribution in [1.29, 1.82) is 0 Å². The van der Waals surface area contributed by atoms with Crippen LogP contribution in [0.1, 0.15) is 29.7 Å². The molecular weight excluding hydrogens is 375 g/mol. The minimum absolute atomic E-state index is 0.424. The largest absolute Gasteiger partial charge is 0.492 e. The van der Waals surface area contributed by atoms with E-state index in [4.69, 9.17) is 27.9 Å². The van der Waals surface area contributed by atoms with Gasteiger partial charge in [0, 0.05) is 16.1 Å². The first-order valence-electron chi connectivity index (χ1n) is 6.49. The molecule has 0 heterocycles. The Bertz CT molecular complexity index is 639. The summed E-state index contributed by atoms with van der Waals surface area (Å²) in [6.07, 6.45) is -0.845. The molecule has 0 amide bonds. The smallest absolute Gasteiger partial charge is 0.139 e. The van der Waals surface area contributed by atoms with Crippen LogP contribution in [0.5, 0.6) is 5.75 Å². The summed E-state index contributed by atoms with van der Waals surface area (Å²) < 4.78 is 6.30. The monoisotopic (exact) mass is 388 g/mol. The Balaban J connectivity index is 2.43. The quantitative estimate of drug-likeness (QED) is 0.743. The maximum Gasteiger partial charge on any atom is 0.139 e.